The molecule has 1 atom stereocenters. The standard InChI is InChI=1S/C22H27N3O5/c1-15(2)20(25-22(28)24-17-7-5-4-6-8-17)21(27)30-14-19(26)23-13-16-9-11-18(29-3)12-10-16/h4-12,15,20H,13-14H2,1-3H3,(H,23,26)(H2,24,25,28)/t20-/m0/s1. The summed E-state index contributed by atoms with van der Waals surface area (Å²) < 4.78 is 10.2. The number of amides is 3. The van der Waals surface area contributed by atoms with Crippen LogP contribution in [0, 0.1) is 5.92 Å². The summed E-state index contributed by atoms with van der Waals surface area (Å²) in [6.07, 6.45) is 0. The van der Waals surface area contributed by atoms with E-state index in [2.05, 4.69) is 16.0 Å². The highest BCUT2D eigenvalue weighted by molar-refractivity contribution is 5.93. The third-order valence-electron chi connectivity index (χ3n) is 4.23. The number of carbonyl (C=O) groups excluding carboxylic acids is 3. The molecule has 3 amide bonds. The van der Waals surface area contributed by atoms with E-state index in [1.54, 1.807) is 57.4 Å². The zero-order valence-corrected chi connectivity index (χ0v) is 17.3. The fourth-order valence-electron chi connectivity index (χ4n) is 2.55. The lowest BCUT2D eigenvalue weighted by molar-refractivity contribution is -0.151. The molecule has 0 spiro atoms. The van der Waals surface area contributed by atoms with E-state index in [-0.39, 0.29) is 5.92 Å². The molecule has 0 aliphatic carbocycles. The Labute approximate surface area is 175 Å². The number of rotatable bonds is 9. The molecule has 8 nitrogen and oxygen atoms in total. The van der Waals surface area contributed by atoms with Crippen LogP contribution in [0.2, 0.25) is 0 Å². The maximum Gasteiger partial charge on any atom is 0.329 e. The van der Waals surface area contributed by atoms with Gasteiger partial charge in [0.1, 0.15) is 11.8 Å². The lowest BCUT2D eigenvalue weighted by Gasteiger charge is -2.21. The van der Waals surface area contributed by atoms with Crippen molar-refractivity contribution in [1.82, 2.24) is 10.6 Å². The molecule has 2 rings (SSSR count). The van der Waals surface area contributed by atoms with E-state index in [0.717, 1.165) is 11.3 Å². The van der Waals surface area contributed by atoms with Crippen LogP contribution in [-0.4, -0.2) is 37.7 Å². The highest BCUT2D eigenvalue weighted by atomic mass is 16.5. The number of ether oxygens (including phenoxy) is 2. The van der Waals surface area contributed by atoms with Crippen molar-refractivity contribution in [2.24, 2.45) is 5.92 Å². The van der Waals surface area contributed by atoms with Gasteiger partial charge in [-0.05, 0) is 35.7 Å². The Bertz CT molecular complexity index is 838. The quantitative estimate of drug-likeness (QED) is 0.548. The first-order valence-corrected chi connectivity index (χ1v) is 9.58. The normalized spacial score (nSPS) is 11.3. The molecule has 0 aliphatic heterocycles. The van der Waals surface area contributed by atoms with Crippen LogP contribution < -0.4 is 20.7 Å². The summed E-state index contributed by atoms with van der Waals surface area (Å²) in [4.78, 5) is 36.5. The van der Waals surface area contributed by atoms with Gasteiger partial charge in [-0.3, -0.25) is 4.79 Å². The summed E-state index contributed by atoms with van der Waals surface area (Å²) in [6, 6.07) is 14.7. The van der Waals surface area contributed by atoms with Gasteiger partial charge in [-0.25, -0.2) is 9.59 Å². The van der Waals surface area contributed by atoms with E-state index in [1.165, 1.54) is 0 Å². The van der Waals surface area contributed by atoms with Crippen molar-refractivity contribution in [2.75, 3.05) is 19.0 Å². The number of hydrogen-bond donors (Lipinski definition) is 3. The van der Waals surface area contributed by atoms with Crippen LogP contribution in [0.3, 0.4) is 0 Å². The molecule has 0 bridgehead atoms. The van der Waals surface area contributed by atoms with E-state index in [1.807, 2.05) is 18.2 Å². The van der Waals surface area contributed by atoms with Gasteiger partial charge < -0.3 is 25.4 Å². The molecule has 2 aromatic rings. The number of esters is 1. The smallest absolute Gasteiger partial charge is 0.329 e. The number of nitrogens with one attached hydrogen (secondary N) is 3. The second-order valence-electron chi connectivity index (χ2n) is 6.92. The van der Waals surface area contributed by atoms with Crippen molar-refractivity contribution in [2.45, 2.75) is 26.4 Å². The summed E-state index contributed by atoms with van der Waals surface area (Å²) in [5, 5.41) is 7.91. The average Bonchev–Trinajstić information content (AvgIpc) is 2.75. The Balaban J connectivity index is 1.79. The maximum absolute atomic E-state index is 12.4. The molecule has 0 radical (unpaired) electrons. The largest absolute Gasteiger partial charge is 0.497 e. The third kappa shape index (κ3) is 7.46. The van der Waals surface area contributed by atoms with E-state index < -0.39 is 30.6 Å². The molecule has 0 aromatic heterocycles. The molecular formula is C22H27N3O5. The summed E-state index contributed by atoms with van der Waals surface area (Å²) >= 11 is 0. The minimum absolute atomic E-state index is 0.221. The minimum atomic E-state index is -0.886. The molecule has 160 valence electrons. The number of urea groups is 1. The number of methoxy groups -OCH3 is 1. The highest BCUT2D eigenvalue weighted by Crippen LogP contribution is 2.11. The molecule has 8 heteroatoms. The van der Waals surface area contributed by atoms with Gasteiger partial charge in [-0.15, -0.1) is 0 Å². The number of anilines is 1. The lowest BCUT2D eigenvalue weighted by atomic mass is 10.1. The number of benzene rings is 2. The Morgan fingerprint density at radius 3 is 2.23 bits per heavy atom. The number of carbonyl (C=O) groups is 3. The summed E-state index contributed by atoms with van der Waals surface area (Å²) in [7, 11) is 1.58. The van der Waals surface area contributed by atoms with Crippen molar-refractivity contribution in [3.05, 3.63) is 60.2 Å². The van der Waals surface area contributed by atoms with E-state index in [9.17, 15) is 14.4 Å². The fraction of sp³-hybridized carbons (Fsp3) is 0.318. The highest BCUT2D eigenvalue weighted by Gasteiger charge is 2.26. The molecule has 0 fully saturated rings. The van der Waals surface area contributed by atoms with Crippen molar-refractivity contribution in [1.29, 1.82) is 0 Å². The predicted octanol–water partition coefficient (Wildman–Crippen LogP) is 2.70. The maximum atomic E-state index is 12.4. The van der Waals surface area contributed by atoms with Gasteiger partial charge in [-0.1, -0.05) is 44.2 Å². The topological polar surface area (TPSA) is 106 Å². The van der Waals surface area contributed by atoms with Crippen molar-refractivity contribution >= 4 is 23.6 Å². The van der Waals surface area contributed by atoms with Crippen LogP contribution in [0.5, 0.6) is 5.75 Å². The van der Waals surface area contributed by atoms with Crippen LogP contribution in [0.15, 0.2) is 54.6 Å². The Kier molecular flexibility index (Phi) is 8.68. The van der Waals surface area contributed by atoms with Crippen LogP contribution in [0.25, 0.3) is 0 Å². The third-order valence-corrected chi connectivity index (χ3v) is 4.23. The van der Waals surface area contributed by atoms with Gasteiger partial charge in [0.2, 0.25) is 0 Å². The summed E-state index contributed by atoms with van der Waals surface area (Å²) in [5.74, 6) is -0.605. The van der Waals surface area contributed by atoms with Crippen LogP contribution in [0.1, 0.15) is 19.4 Å². The van der Waals surface area contributed by atoms with Gasteiger partial charge in [0, 0.05) is 12.2 Å². The van der Waals surface area contributed by atoms with Gasteiger partial charge in [0.05, 0.1) is 7.11 Å². The zero-order chi connectivity index (χ0) is 21.9. The molecule has 0 heterocycles. The Morgan fingerprint density at radius 1 is 0.967 bits per heavy atom. The second kappa shape index (κ2) is 11.5. The SMILES string of the molecule is COc1ccc(CNC(=O)COC(=O)[C@@H](NC(=O)Nc2ccccc2)C(C)C)cc1. The summed E-state index contributed by atoms with van der Waals surface area (Å²) in [5.41, 5.74) is 1.48. The minimum Gasteiger partial charge on any atom is -0.497 e. The van der Waals surface area contributed by atoms with Crippen molar-refractivity contribution in [3.63, 3.8) is 0 Å². The zero-order valence-electron chi connectivity index (χ0n) is 17.3. The second-order valence-corrected chi connectivity index (χ2v) is 6.92. The average molecular weight is 413 g/mol. The molecule has 3 N–H and O–H groups in total. The number of hydrogen-bond acceptors (Lipinski definition) is 5. The van der Waals surface area contributed by atoms with Gasteiger partial charge >= 0.3 is 12.0 Å². The van der Waals surface area contributed by atoms with Gasteiger partial charge in [-0.2, -0.15) is 0 Å². The van der Waals surface area contributed by atoms with Gasteiger partial charge in [0.25, 0.3) is 5.91 Å². The first-order chi connectivity index (χ1) is 14.4. The monoisotopic (exact) mass is 413 g/mol. The lowest BCUT2D eigenvalue weighted by Crippen LogP contribution is -2.47. The molecule has 30 heavy (non-hydrogen) atoms. The van der Waals surface area contributed by atoms with Crippen LogP contribution in [0.4, 0.5) is 10.5 Å². The number of para-hydroxylation sites is 1. The Hall–Kier alpha value is -3.55. The first kappa shape index (κ1) is 22.7. The van der Waals surface area contributed by atoms with E-state index in [0.29, 0.717) is 12.2 Å². The van der Waals surface area contributed by atoms with Crippen LogP contribution in [-0.2, 0) is 20.9 Å². The van der Waals surface area contributed by atoms with Crippen molar-refractivity contribution < 1.29 is 23.9 Å². The molecule has 0 unspecified atom stereocenters. The summed E-state index contributed by atoms with van der Waals surface area (Å²) in [6.45, 7) is 3.42. The first-order valence-electron chi connectivity index (χ1n) is 9.58. The molecule has 2 aromatic carbocycles. The molecule has 0 saturated carbocycles. The molecular weight excluding hydrogens is 386 g/mol. The predicted molar refractivity (Wildman–Crippen MR) is 113 cm³/mol. The molecule has 0 aliphatic rings. The van der Waals surface area contributed by atoms with E-state index in [4.69, 9.17) is 9.47 Å². The Morgan fingerprint density at radius 2 is 1.63 bits per heavy atom. The van der Waals surface area contributed by atoms with E-state index >= 15 is 0 Å². The van der Waals surface area contributed by atoms with Crippen LogP contribution >= 0.6 is 0 Å². The molecule has 0 saturated heterocycles. The fourth-order valence-corrected chi connectivity index (χ4v) is 2.55. The van der Waals surface area contributed by atoms with Gasteiger partial charge in [0.15, 0.2) is 6.61 Å². The van der Waals surface area contributed by atoms with Crippen molar-refractivity contribution in [3.8, 4) is 5.75 Å².